The van der Waals surface area contributed by atoms with Crippen molar-refractivity contribution in [2.75, 3.05) is 0 Å². The summed E-state index contributed by atoms with van der Waals surface area (Å²) in [5.41, 5.74) is 1.85. The van der Waals surface area contributed by atoms with E-state index in [0.717, 1.165) is 10.4 Å². The highest BCUT2D eigenvalue weighted by Gasteiger charge is 2.22. The van der Waals surface area contributed by atoms with Gasteiger partial charge in [0, 0.05) is 18.3 Å². The van der Waals surface area contributed by atoms with Gasteiger partial charge in [0.2, 0.25) is 11.7 Å². The number of thiophene rings is 1. The summed E-state index contributed by atoms with van der Waals surface area (Å²) in [6.07, 6.45) is 0.561. The smallest absolute Gasteiger partial charge is 0.262 e. The Morgan fingerprint density at radius 1 is 1.00 bits per heavy atom. The number of nitrogens with zero attached hydrogens (tertiary/aromatic N) is 4. The first-order valence-electron chi connectivity index (χ1n) is 11.0. The lowest BCUT2D eigenvalue weighted by Crippen LogP contribution is -2.27. The van der Waals surface area contributed by atoms with Crippen LogP contribution in [0.25, 0.3) is 32.5 Å². The Morgan fingerprint density at radius 2 is 1.77 bits per heavy atom. The molecule has 3 heterocycles. The predicted molar refractivity (Wildman–Crippen MR) is 132 cm³/mol. The van der Waals surface area contributed by atoms with Crippen LogP contribution in [0.3, 0.4) is 0 Å². The van der Waals surface area contributed by atoms with Gasteiger partial charge < -0.3 is 9.63 Å². The molecule has 0 radical (unpaired) electrons. The average molecular weight is 489 g/mol. The lowest BCUT2D eigenvalue weighted by molar-refractivity contribution is 0.394. The first kappa shape index (κ1) is 22.7. The van der Waals surface area contributed by atoms with Gasteiger partial charge in [-0.25, -0.2) is 9.37 Å². The minimum Gasteiger partial charge on any atom is -0.504 e. The van der Waals surface area contributed by atoms with E-state index in [-0.39, 0.29) is 16.9 Å². The van der Waals surface area contributed by atoms with E-state index in [1.165, 1.54) is 28.0 Å². The molecule has 0 atom stereocenters. The fourth-order valence-corrected chi connectivity index (χ4v) is 4.95. The van der Waals surface area contributed by atoms with Crippen molar-refractivity contribution >= 4 is 11.3 Å². The summed E-state index contributed by atoms with van der Waals surface area (Å²) in [4.78, 5) is 24.3. The second-order valence-electron chi connectivity index (χ2n) is 8.03. The van der Waals surface area contributed by atoms with Crippen molar-refractivity contribution in [2.24, 2.45) is 0 Å². The Balaban J connectivity index is 1.65. The Labute approximate surface area is 204 Å². The van der Waals surface area contributed by atoms with Gasteiger partial charge in [-0.2, -0.15) is 4.98 Å². The van der Waals surface area contributed by atoms with E-state index in [9.17, 15) is 14.3 Å². The van der Waals surface area contributed by atoms with Crippen molar-refractivity contribution < 1.29 is 14.0 Å². The zero-order valence-electron chi connectivity index (χ0n) is 19.0. The summed E-state index contributed by atoms with van der Waals surface area (Å²) < 4.78 is 20.8. The monoisotopic (exact) mass is 488 g/mol. The van der Waals surface area contributed by atoms with Gasteiger partial charge in [0.1, 0.15) is 5.82 Å². The van der Waals surface area contributed by atoms with Gasteiger partial charge in [0.05, 0.1) is 21.7 Å². The maximum Gasteiger partial charge on any atom is 0.262 e. The van der Waals surface area contributed by atoms with Crippen LogP contribution in [0.15, 0.2) is 70.0 Å². The number of hydrogen-bond acceptors (Lipinski definition) is 7. The molecule has 3 aromatic heterocycles. The molecule has 2 aromatic carbocycles. The molecule has 0 saturated heterocycles. The Hall–Kier alpha value is -4.11. The van der Waals surface area contributed by atoms with E-state index in [1.807, 2.05) is 42.5 Å². The molecule has 0 saturated carbocycles. The maximum atomic E-state index is 14.2. The van der Waals surface area contributed by atoms with Crippen LogP contribution in [-0.4, -0.2) is 24.8 Å². The van der Waals surface area contributed by atoms with Crippen molar-refractivity contribution in [3.8, 4) is 38.3 Å². The van der Waals surface area contributed by atoms with E-state index in [4.69, 9.17) is 4.52 Å². The number of benzene rings is 2. The summed E-state index contributed by atoms with van der Waals surface area (Å²) in [6.45, 7) is 3.75. The van der Waals surface area contributed by atoms with Gasteiger partial charge in [0.15, 0.2) is 11.6 Å². The molecule has 0 unspecified atom stereocenters. The van der Waals surface area contributed by atoms with Gasteiger partial charge in [-0.05, 0) is 43.2 Å². The normalized spacial score (nSPS) is 11.2. The quantitative estimate of drug-likeness (QED) is 0.344. The van der Waals surface area contributed by atoms with Crippen molar-refractivity contribution in [1.29, 1.82) is 0 Å². The van der Waals surface area contributed by atoms with Crippen molar-refractivity contribution in [1.82, 2.24) is 19.7 Å². The minimum absolute atomic E-state index is 0.166. The van der Waals surface area contributed by atoms with Gasteiger partial charge in [-0.3, -0.25) is 9.36 Å². The first-order valence-corrected chi connectivity index (χ1v) is 11.8. The van der Waals surface area contributed by atoms with E-state index in [0.29, 0.717) is 40.8 Å². The summed E-state index contributed by atoms with van der Waals surface area (Å²) in [7, 11) is 0. The molecule has 176 valence electrons. The second-order valence-corrected chi connectivity index (χ2v) is 9.11. The summed E-state index contributed by atoms with van der Waals surface area (Å²) in [5.74, 6) is -0.183. The van der Waals surface area contributed by atoms with Crippen LogP contribution < -0.4 is 5.56 Å². The molecule has 9 heteroatoms. The van der Waals surface area contributed by atoms with Crippen LogP contribution in [0.1, 0.15) is 17.1 Å². The Bertz CT molecular complexity index is 1570. The van der Waals surface area contributed by atoms with Crippen LogP contribution in [0.5, 0.6) is 5.75 Å². The van der Waals surface area contributed by atoms with Gasteiger partial charge in [-0.1, -0.05) is 41.6 Å². The van der Waals surface area contributed by atoms with Crippen LogP contribution in [0.2, 0.25) is 0 Å². The minimum atomic E-state index is -0.772. The SMILES string of the molecule is Cc1nc(-c2ccc(-c3c(C)nc(-c4cccc(F)c4O)n(CCc4ccccc4)c3=O)s2)no1. The molecular weight excluding hydrogens is 467 g/mol. The number of hydrogen-bond donors (Lipinski definition) is 1. The maximum absolute atomic E-state index is 14.2. The third-order valence-electron chi connectivity index (χ3n) is 5.65. The number of phenols is 1. The number of aromatic hydroxyl groups is 1. The number of rotatable bonds is 6. The first-order chi connectivity index (χ1) is 16.9. The molecule has 5 rings (SSSR count). The van der Waals surface area contributed by atoms with Crippen molar-refractivity contribution in [2.45, 2.75) is 26.8 Å². The largest absolute Gasteiger partial charge is 0.504 e. The van der Waals surface area contributed by atoms with E-state index < -0.39 is 11.6 Å². The molecule has 0 aliphatic rings. The topological polar surface area (TPSA) is 94.0 Å². The lowest BCUT2D eigenvalue weighted by Gasteiger charge is -2.16. The molecule has 35 heavy (non-hydrogen) atoms. The zero-order chi connectivity index (χ0) is 24.5. The molecule has 0 spiro atoms. The number of aromatic nitrogens is 4. The van der Waals surface area contributed by atoms with Gasteiger partial charge in [0.25, 0.3) is 5.56 Å². The van der Waals surface area contributed by atoms with Crippen LogP contribution in [-0.2, 0) is 13.0 Å². The molecular formula is C26H21FN4O3S. The van der Waals surface area contributed by atoms with Gasteiger partial charge >= 0.3 is 0 Å². The van der Waals surface area contributed by atoms with Crippen molar-refractivity contribution in [3.05, 3.63) is 94.0 Å². The van der Waals surface area contributed by atoms with Crippen molar-refractivity contribution in [3.63, 3.8) is 0 Å². The van der Waals surface area contributed by atoms with E-state index >= 15 is 0 Å². The standard InChI is InChI=1S/C26H21FN4O3S/c1-15-22(20-11-12-21(35-20)24-29-16(2)34-30-24)26(33)31(14-13-17-7-4-3-5-8-17)25(28-15)18-9-6-10-19(27)23(18)32/h3-12,32H,13-14H2,1-2H3. The number of aryl methyl sites for hydroxylation is 3. The highest BCUT2D eigenvalue weighted by molar-refractivity contribution is 7.18. The average Bonchev–Trinajstić information content (AvgIpc) is 3.50. The van der Waals surface area contributed by atoms with Gasteiger partial charge in [-0.15, -0.1) is 11.3 Å². The fourth-order valence-electron chi connectivity index (χ4n) is 3.93. The molecule has 5 aromatic rings. The number of para-hydroxylation sites is 1. The van der Waals surface area contributed by atoms with Crippen LogP contribution >= 0.6 is 11.3 Å². The molecule has 7 nitrogen and oxygen atoms in total. The number of phenolic OH excluding ortho intramolecular Hbond substituents is 1. The second kappa shape index (κ2) is 9.27. The predicted octanol–water partition coefficient (Wildman–Crippen LogP) is 5.39. The third-order valence-corrected chi connectivity index (χ3v) is 6.74. The summed E-state index contributed by atoms with van der Waals surface area (Å²) in [5, 5.41) is 14.4. The molecule has 0 fully saturated rings. The van der Waals surface area contributed by atoms with Crippen LogP contribution in [0.4, 0.5) is 4.39 Å². The third kappa shape index (κ3) is 4.38. The zero-order valence-corrected chi connectivity index (χ0v) is 19.8. The molecule has 0 amide bonds. The Morgan fingerprint density at radius 3 is 2.51 bits per heavy atom. The molecule has 0 aliphatic heterocycles. The highest BCUT2D eigenvalue weighted by atomic mass is 32.1. The molecule has 0 bridgehead atoms. The fraction of sp³-hybridized carbons (Fsp3) is 0.154. The Kier molecular flexibility index (Phi) is 6.00. The summed E-state index contributed by atoms with van der Waals surface area (Å²) >= 11 is 1.36. The van der Waals surface area contributed by atoms with Crippen LogP contribution in [0, 0.1) is 19.7 Å². The van der Waals surface area contributed by atoms with E-state index in [2.05, 4.69) is 15.1 Å². The molecule has 0 aliphatic carbocycles. The molecule has 1 N–H and O–H groups in total. The lowest BCUT2D eigenvalue weighted by atomic mass is 10.1. The van der Waals surface area contributed by atoms with E-state index in [1.54, 1.807) is 19.9 Å². The number of halogens is 1. The highest BCUT2D eigenvalue weighted by Crippen LogP contribution is 2.35. The summed E-state index contributed by atoms with van der Waals surface area (Å²) in [6, 6.07) is 17.6.